The lowest BCUT2D eigenvalue weighted by Crippen LogP contribution is -2.09. The summed E-state index contributed by atoms with van der Waals surface area (Å²) >= 11 is 0. The number of rotatable bonds is 2. The van der Waals surface area contributed by atoms with Crippen LogP contribution in [-0.4, -0.2) is 6.04 Å². The zero-order valence-corrected chi connectivity index (χ0v) is 7.20. The van der Waals surface area contributed by atoms with Crippen LogP contribution in [0.3, 0.4) is 0 Å². The van der Waals surface area contributed by atoms with Crippen LogP contribution in [-0.2, 0) is 0 Å². The Bertz CT molecular complexity index is 277. The van der Waals surface area contributed by atoms with Crippen molar-refractivity contribution in [3.8, 4) is 0 Å². The van der Waals surface area contributed by atoms with Crippen molar-refractivity contribution < 1.29 is 0 Å². The molecule has 4 N–H and O–H groups in total. The standard InChI is InChI=1S/C10H14N2/c1-8(11)6-7-9-4-2-3-5-10(9)12/h2-8H,11-12H2,1H3/b7-6-. The molecule has 1 unspecified atom stereocenters. The molecule has 12 heavy (non-hydrogen) atoms. The predicted molar refractivity (Wildman–Crippen MR) is 53.5 cm³/mol. The summed E-state index contributed by atoms with van der Waals surface area (Å²) in [6.07, 6.45) is 3.87. The molecule has 0 aliphatic carbocycles. The van der Waals surface area contributed by atoms with Crippen molar-refractivity contribution in [2.24, 2.45) is 5.73 Å². The Morgan fingerprint density at radius 2 is 2.00 bits per heavy atom. The van der Waals surface area contributed by atoms with Gasteiger partial charge in [0.1, 0.15) is 0 Å². The molecule has 0 aliphatic rings. The highest BCUT2D eigenvalue weighted by molar-refractivity contribution is 5.64. The van der Waals surface area contributed by atoms with Crippen LogP contribution >= 0.6 is 0 Å². The first kappa shape index (κ1) is 8.81. The van der Waals surface area contributed by atoms with Crippen LogP contribution in [0, 0.1) is 0 Å². The third kappa shape index (κ3) is 2.40. The fourth-order valence-electron chi connectivity index (χ4n) is 0.918. The normalized spacial score (nSPS) is 13.5. The minimum Gasteiger partial charge on any atom is -0.398 e. The number of hydrogen-bond donors (Lipinski definition) is 2. The fraction of sp³-hybridized carbons (Fsp3) is 0.200. The number of benzene rings is 1. The van der Waals surface area contributed by atoms with Crippen LogP contribution < -0.4 is 11.5 Å². The smallest absolute Gasteiger partial charge is 0.0387 e. The molecule has 0 aliphatic heterocycles. The number of hydrogen-bond acceptors (Lipinski definition) is 2. The zero-order chi connectivity index (χ0) is 8.97. The van der Waals surface area contributed by atoms with Crippen molar-refractivity contribution in [2.75, 3.05) is 5.73 Å². The fourth-order valence-corrected chi connectivity index (χ4v) is 0.918. The maximum absolute atomic E-state index is 5.71. The molecule has 1 aromatic rings. The SMILES string of the molecule is CC(N)/C=C\c1ccccc1N. The Balaban J connectivity index is 2.82. The van der Waals surface area contributed by atoms with Gasteiger partial charge in [0.25, 0.3) is 0 Å². The van der Waals surface area contributed by atoms with E-state index in [-0.39, 0.29) is 6.04 Å². The van der Waals surface area contributed by atoms with Gasteiger partial charge in [-0.05, 0) is 18.6 Å². The van der Waals surface area contributed by atoms with Gasteiger partial charge in [-0.15, -0.1) is 0 Å². The van der Waals surface area contributed by atoms with E-state index < -0.39 is 0 Å². The van der Waals surface area contributed by atoms with Crippen molar-refractivity contribution in [2.45, 2.75) is 13.0 Å². The van der Waals surface area contributed by atoms with E-state index in [1.165, 1.54) is 0 Å². The quantitative estimate of drug-likeness (QED) is 0.649. The van der Waals surface area contributed by atoms with Gasteiger partial charge in [0.05, 0.1) is 0 Å². The van der Waals surface area contributed by atoms with Crippen molar-refractivity contribution in [3.05, 3.63) is 35.9 Å². The van der Waals surface area contributed by atoms with E-state index in [0.717, 1.165) is 11.3 Å². The van der Waals surface area contributed by atoms with E-state index in [0.29, 0.717) is 0 Å². The van der Waals surface area contributed by atoms with Crippen molar-refractivity contribution >= 4 is 11.8 Å². The van der Waals surface area contributed by atoms with Gasteiger partial charge in [-0.25, -0.2) is 0 Å². The third-order valence-corrected chi connectivity index (χ3v) is 1.58. The number of nitrogens with two attached hydrogens (primary N) is 2. The van der Waals surface area contributed by atoms with E-state index in [9.17, 15) is 0 Å². The number of para-hydroxylation sites is 1. The zero-order valence-electron chi connectivity index (χ0n) is 7.20. The van der Waals surface area contributed by atoms with Crippen molar-refractivity contribution in [1.82, 2.24) is 0 Å². The Morgan fingerprint density at radius 3 is 2.58 bits per heavy atom. The second kappa shape index (κ2) is 3.93. The third-order valence-electron chi connectivity index (χ3n) is 1.58. The molecule has 2 nitrogen and oxygen atoms in total. The molecular weight excluding hydrogens is 148 g/mol. The van der Waals surface area contributed by atoms with E-state index in [4.69, 9.17) is 11.5 Å². The summed E-state index contributed by atoms with van der Waals surface area (Å²) in [5, 5.41) is 0. The van der Waals surface area contributed by atoms with Gasteiger partial charge in [0.2, 0.25) is 0 Å². The highest BCUT2D eigenvalue weighted by atomic mass is 14.6. The minimum absolute atomic E-state index is 0.0737. The van der Waals surface area contributed by atoms with Gasteiger partial charge < -0.3 is 11.5 Å². The second-order valence-electron chi connectivity index (χ2n) is 2.85. The predicted octanol–water partition coefficient (Wildman–Crippen LogP) is 1.63. The van der Waals surface area contributed by atoms with Crippen LogP contribution in [0.5, 0.6) is 0 Å². The van der Waals surface area contributed by atoms with Gasteiger partial charge in [0, 0.05) is 11.7 Å². The first-order chi connectivity index (χ1) is 5.70. The van der Waals surface area contributed by atoms with Crippen LogP contribution in [0.1, 0.15) is 12.5 Å². The molecule has 1 atom stereocenters. The molecule has 0 saturated heterocycles. The molecule has 0 saturated carbocycles. The first-order valence-electron chi connectivity index (χ1n) is 3.98. The van der Waals surface area contributed by atoms with Gasteiger partial charge in [0.15, 0.2) is 0 Å². The highest BCUT2D eigenvalue weighted by Crippen LogP contribution is 2.11. The van der Waals surface area contributed by atoms with E-state index >= 15 is 0 Å². The average molecular weight is 162 g/mol. The first-order valence-corrected chi connectivity index (χ1v) is 3.98. The second-order valence-corrected chi connectivity index (χ2v) is 2.85. The van der Waals surface area contributed by atoms with E-state index in [2.05, 4.69) is 0 Å². The Morgan fingerprint density at radius 1 is 1.33 bits per heavy atom. The lowest BCUT2D eigenvalue weighted by atomic mass is 10.1. The maximum Gasteiger partial charge on any atom is 0.0387 e. The van der Waals surface area contributed by atoms with Crippen molar-refractivity contribution in [1.29, 1.82) is 0 Å². The molecule has 0 fully saturated rings. The summed E-state index contributed by atoms with van der Waals surface area (Å²) in [5.74, 6) is 0. The molecule has 1 aromatic carbocycles. The molecule has 0 heterocycles. The van der Waals surface area contributed by atoms with Gasteiger partial charge in [-0.2, -0.15) is 0 Å². The molecular formula is C10H14N2. The van der Waals surface area contributed by atoms with Crippen LogP contribution in [0.4, 0.5) is 5.69 Å². The lowest BCUT2D eigenvalue weighted by Gasteiger charge is -1.99. The summed E-state index contributed by atoms with van der Waals surface area (Å²) < 4.78 is 0. The molecule has 0 aromatic heterocycles. The minimum atomic E-state index is 0.0737. The summed E-state index contributed by atoms with van der Waals surface area (Å²) in [6.45, 7) is 1.93. The maximum atomic E-state index is 5.71. The summed E-state index contributed by atoms with van der Waals surface area (Å²) in [7, 11) is 0. The van der Waals surface area contributed by atoms with Gasteiger partial charge in [-0.3, -0.25) is 0 Å². The summed E-state index contributed by atoms with van der Waals surface area (Å²) in [6, 6.07) is 7.79. The molecule has 64 valence electrons. The molecule has 2 heteroatoms. The van der Waals surface area contributed by atoms with Gasteiger partial charge in [-0.1, -0.05) is 30.4 Å². The molecule has 0 bridgehead atoms. The average Bonchev–Trinajstić information content (AvgIpc) is 2.03. The van der Waals surface area contributed by atoms with E-state index in [1.807, 2.05) is 43.3 Å². The van der Waals surface area contributed by atoms with Crippen LogP contribution in [0.2, 0.25) is 0 Å². The Kier molecular flexibility index (Phi) is 2.88. The largest absolute Gasteiger partial charge is 0.398 e. The number of nitrogen functional groups attached to an aromatic ring is 1. The Hall–Kier alpha value is -1.28. The molecule has 0 spiro atoms. The Labute approximate surface area is 72.9 Å². The molecule has 0 amide bonds. The van der Waals surface area contributed by atoms with Gasteiger partial charge >= 0.3 is 0 Å². The monoisotopic (exact) mass is 162 g/mol. The molecule has 1 rings (SSSR count). The van der Waals surface area contributed by atoms with Crippen LogP contribution in [0.25, 0.3) is 6.08 Å². The lowest BCUT2D eigenvalue weighted by molar-refractivity contribution is 0.931. The number of anilines is 1. The molecule has 0 radical (unpaired) electrons. The van der Waals surface area contributed by atoms with Crippen LogP contribution in [0.15, 0.2) is 30.3 Å². The van der Waals surface area contributed by atoms with E-state index in [1.54, 1.807) is 0 Å². The van der Waals surface area contributed by atoms with Crippen molar-refractivity contribution in [3.63, 3.8) is 0 Å². The summed E-state index contributed by atoms with van der Waals surface area (Å²) in [5.41, 5.74) is 13.1. The highest BCUT2D eigenvalue weighted by Gasteiger charge is 1.91. The topological polar surface area (TPSA) is 52.0 Å². The summed E-state index contributed by atoms with van der Waals surface area (Å²) in [4.78, 5) is 0.